The highest BCUT2D eigenvalue weighted by atomic mass is 35.5. The van der Waals surface area contributed by atoms with Crippen molar-refractivity contribution in [3.05, 3.63) is 44.7 Å². The molecule has 2 atom stereocenters. The van der Waals surface area contributed by atoms with Gasteiger partial charge in [-0.05, 0) is 32.0 Å². The number of carbonyl (C=O) groups is 3. The summed E-state index contributed by atoms with van der Waals surface area (Å²) >= 11 is 10.1. The lowest BCUT2D eigenvalue weighted by Crippen LogP contribution is -2.72. The van der Waals surface area contributed by atoms with Gasteiger partial charge in [0.05, 0.1) is 11.7 Å². The number of aliphatic carboxylic acids is 1. The van der Waals surface area contributed by atoms with E-state index in [-0.39, 0.29) is 26.6 Å². The highest BCUT2D eigenvalue weighted by Crippen LogP contribution is 2.44. The van der Waals surface area contributed by atoms with Crippen LogP contribution in [0.5, 0.6) is 0 Å². The molecule has 2 aliphatic rings. The second kappa shape index (κ2) is 13.0. The predicted octanol–water partition coefficient (Wildman–Crippen LogP) is 2.15. The smallest absolute Gasteiger partial charge is 0.353 e. The maximum Gasteiger partial charge on any atom is 0.353 e. The number of nitrogen functional groups attached to an aromatic ring is 1. The second-order valence-electron chi connectivity index (χ2n) is 8.35. The number of carboxylic acids is 1. The molecule has 0 aromatic carbocycles. The van der Waals surface area contributed by atoms with Crippen molar-refractivity contribution < 1.29 is 24.3 Å². The van der Waals surface area contributed by atoms with E-state index in [1.807, 2.05) is 13.1 Å². The Morgan fingerprint density at radius 3 is 2.90 bits per heavy atom. The fourth-order valence-electron chi connectivity index (χ4n) is 4.18. The van der Waals surface area contributed by atoms with E-state index < -0.39 is 29.9 Å². The molecule has 208 valence electrons. The molecule has 4 rings (SSSR count). The molecule has 0 unspecified atom stereocenters. The minimum Gasteiger partial charge on any atom is -0.477 e. The molecule has 0 bridgehead atoms. The molecule has 2 aromatic rings. The van der Waals surface area contributed by atoms with Gasteiger partial charge in [-0.2, -0.15) is 11.8 Å². The van der Waals surface area contributed by atoms with Crippen LogP contribution in [-0.4, -0.2) is 82.0 Å². The topological polar surface area (TPSA) is 172 Å². The average molecular weight is 612 g/mol. The summed E-state index contributed by atoms with van der Waals surface area (Å²) in [5.41, 5.74) is 6.26. The van der Waals surface area contributed by atoms with Crippen LogP contribution in [0.2, 0.25) is 4.34 Å². The molecule has 1 saturated heterocycles. The minimum absolute atomic E-state index is 0.0343. The number of pyridine rings is 1. The van der Waals surface area contributed by atoms with Gasteiger partial charge in [-0.25, -0.2) is 9.78 Å². The number of thiazole rings is 1. The molecule has 1 fully saturated rings. The van der Waals surface area contributed by atoms with Crippen molar-refractivity contribution in [1.82, 2.24) is 25.5 Å². The number of hydrogen-bond donors (Lipinski definition) is 4. The normalized spacial score (nSPS) is 19.0. The number of aromatic nitrogens is 2. The number of β-lactam (4-membered cyclic amide) rings is 1. The molecule has 2 aromatic heterocycles. The summed E-state index contributed by atoms with van der Waals surface area (Å²) in [6.07, 6.45) is 2.59. The summed E-state index contributed by atoms with van der Waals surface area (Å²) < 4.78 is 0.144. The summed E-state index contributed by atoms with van der Waals surface area (Å²) in [6, 6.07) is 2.24. The Morgan fingerprint density at radius 1 is 1.44 bits per heavy atom. The van der Waals surface area contributed by atoms with E-state index in [2.05, 4.69) is 25.8 Å². The molecule has 0 saturated carbocycles. The molecule has 0 spiro atoms. The lowest BCUT2D eigenvalue weighted by Gasteiger charge is -2.50. The summed E-state index contributed by atoms with van der Waals surface area (Å²) in [5.74, 6) is -0.881. The highest BCUT2D eigenvalue weighted by Gasteiger charge is 2.54. The number of thioether (sulfide) groups is 2. The third kappa shape index (κ3) is 6.32. The number of nitrogens with one attached hydrogen (secondary N) is 2. The number of amides is 2. The molecule has 0 radical (unpaired) electrons. The number of nitrogens with two attached hydrogens (primary N) is 1. The Kier molecular flexibility index (Phi) is 9.71. The Balaban J connectivity index is 1.51. The van der Waals surface area contributed by atoms with Gasteiger partial charge in [0.25, 0.3) is 11.8 Å². The zero-order valence-corrected chi connectivity index (χ0v) is 24.2. The number of fused-ring (bicyclic) bond motifs is 1. The predicted molar refractivity (Wildman–Crippen MR) is 152 cm³/mol. The van der Waals surface area contributed by atoms with E-state index in [9.17, 15) is 19.5 Å². The van der Waals surface area contributed by atoms with Crippen LogP contribution in [0.4, 0.5) is 5.13 Å². The number of nitrogens with zero attached hydrogens (tertiary/aromatic N) is 4. The van der Waals surface area contributed by atoms with Crippen LogP contribution in [0, 0.1) is 0 Å². The minimum atomic E-state index is -1.21. The maximum atomic E-state index is 13.2. The van der Waals surface area contributed by atoms with E-state index in [0.29, 0.717) is 23.5 Å². The molecule has 5 N–H and O–H groups in total. The zero-order chi connectivity index (χ0) is 28.1. The van der Waals surface area contributed by atoms with Gasteiger partial charge >= 0.3 is 5.97 Å². The van der Waals surface area contributed by atoms with Crippen molar-refractivity contribution in [2.45, 2.75) is 35.6 Å². The van der Waals surface area contributed by atoms with Gasteiger partial charge in [-0.3, -0.25) is 19.5 Å². The first-order chi connectivity index (χ1) is 18.8. The van der Waals surface area contributed by atoms with Crippen molar-refractivity contribution in [2.24, 2.45) is 5.16 Å². The molecule has 0 aliphatic carbocycles. The maximum absolute atomic E-state index is 13.2. The number of halogens is 1. The van der Waals surface area contributed by atoms with Gasteiger partial charge < -0.3 is 26.3 Å². The van der Waals surface area contributed by atoms with E-state index >= 15 is 0 Å². The Morgan fingerprint density at radius 2 is 2.23 bits per heavy atom. The Hall–Kier alpha value is -2.85. The molecular weight excluding hydrogens is 586 g/mol. The molecule has 4 heterocycles. The molecular formula is C23H26ClN7O5S3. The van der Waals surface area contributed by atoms with Crippen LogP contribution < -0.4 is 16.4 Å². The second-order valence-corrected chi connectivity index (χ2v) is 12.2. The van der Waals surface area contributed by atoms with Crippen LogP contribution in [0.25, 0.3) is 0 Å². The summed E-state index contributed by atoms with van der Waals surface area (Å²) in [6.45, 7) is 0.869. The molecule has 2 aliphatic heterocycles. The molecule has 16 heteroatoms. The number of carboxylic acid groups (broad SMARTS) is 1. The van der Waals surface area contributed by atoms with Crippen LogP contribution in [0.1, 0.15) is 24.2 Å². The van der Waals surface area contributed by atoms with Crippen LogP contribution >= 0.6 is 46.5 Å². The largest absolute Gasteiger partial charge is 0.477 e. The van der Waals surface area contributed by atoms with Crippen molar-refractivity contribution in [3.63, 3.8) is 0 Å². The third-order valence-electron chi connectivity index (χ3n) is 5.92. The van der Waals surface area contributed by atoms with Crippen LogP contribution in [-0.2, 0) is 25.0 Å². The van der Waals surface area contributed by atoms with Gasteiger partial charge in [0.1, 0.15) is 28.9 Å². The van der Waals surface area contributed by atoms with Crippen molar-refractivity contribution in [3.8, 4) is 0 Å². The molecule has 39 heavy (non-hydrogen) atoms. The zero-order valence-electron chi connectivity index (χ0n) is 21.0. The van der Waals surface area contributed by atoms with Gasteiger partial charge in [-0.1, -0.05) is 39.9 Å². The lowest BCUT2D eigenvalue weighted by molar-refractivity contribution is -0.155. The van der Waals surface area contributed by atoms with Crippen LogP contribution in [0.15, 0.2) is 39.0 Å². The van der Waals surface area contributed by atoms with Gasteiger partial charge in [0, 0.05) is 34.0 Å². The van der Waals surface area contributed by atoms with Crippen molar-refractivity contribution in [1.29, 1.82) is 0 Å². The first kappa shape index (κ1) is 29.1. The number of carbonyl (C=O) groups excluding carboxylic acids is 2. The van der Waals surface area contributed by atoms with E-state index in [0.717, 1.165) is 34.2 Å². The summed E-state index contributed by atoms with van der Waals surface area (Å²) in [5, 5.41) is 19.6. The fraction of sp³-hybridized carbons (Fsp3) is 0.391. The van der Waals surface area contributed by atoms with Crippen molar-refractivity contribution in [2.75, 3.05) is 32.2 Å². The Labute approximate surface area is 241 Å². The molecule has 12 nitrogen and oxygen atoms in total. The molecule has 2 amide bonds. The number of anilines is 1. The van der Waals surface area contributed by atoms with Gasteiger partial charge in [0.2, 0.25) is 0 Å². The number of oxime groups is 1. The number of rotatable bonds is 12. The quantitative estimate of drug-likeness (QED) is 0.120. The SMILES string of the molecule is CNCCSCc1ncccc1SC1=C(C(=O)O)N2C(=O)[C@@H](NC(=O)/C(=N\OC)c3nc(N)sc3Cl)[C@H]2CC1. The first-order valence-corrected chi connectivity index (χ1v) is 14.9. The number of allylic oxidation sites excluding steroid dienone is 1. The Bertz CT molecular complexity index is 1330. The monoisotopic (exact) mass is 611 g/mol. The van der Waals surface area contributed by atoms with Gasteiger partial charge in [-0.15, -0.1) is 0 Å². The van der Waals surface area contributed by atoms with E-state index in [1.165, 1.54) is 23.8 Å². The van der Waals surface area contributed by atoms with Crippen molar-refractivity contribution >= 4 is 75.1 Å². The number of hydrogen-bond acceptors (Lipinski definition) is 12. The van der Waals surface area contributed by atoms with E-state index in [1.54, 1.807) is 24.0 Å². The third-order valence-corrected chi connectivity index (χ3v) is 9.21. The summed E-state index contributed by atoms with van der Waals surface area (Å²) in [4.78, 5) is 54.4. The summed E-state index contributed by atoms with van der Waals surface area (Å²) in [7, 11) is 3.15. The lowest BCUT2D eigenvalue weighted by atomic mass is 9.86. The average Bonchev–Trinajstić information content (AvgIpc) is 3.25. The standard InChI is InChI=1S/C23H26ClN7O5S3/c1-26-8-9-37-10-11-13(4-3-7-27-11)38-14-6-5-12-15(21(33)31(12)18(14)22(34)35)28-20(32)17(30-36-2)16-19(24)39-23(25)29-16/h3-4,7,12,15,26H,5-6,8-10H2,1-2H3,(H2,25,29)(H,28,32)(H,34,35)/b30-17-/t12-,15+/m1/s1. The fourth-order valence-corrected chi connectivity index (χ4v) is 7.28. The van der Waals surface area contributed by atoms with Crippen LogP contribution in [0.3, 0.4) is 0 Å². The van der Waals surface area contributed by atoms with Gasteiger partial charge in [0.15, 0.2) is 10.8 Å². The van der Waals surface area contributed by atoms with E-state index in [4.69, 9.17) is 22.2 Å². The highest BCUT2D eigenvalue weighted by molar-refractivity contribution is 8.03. The first-order valence-electron chi connectivity index (χ1n) is 11.7.